The van der Waals surface area contributed by atoms with Crippen LogP contribution in [0.3, 0.4) is 0 Å². The van der Waals surface area contributed by atoms with E-state index in [0.717, 1.165) is 77.9 Å². The predicted molar refractivity (Wildman–Crippen MR) is 328 cm³/mol. The molecule has 0 N–H and O–H groups in total. The molecule has 1 aliphatic heterocycles. The summed E-state index contributed by atoms with van der Waals surface area (Å²) in [6.45, 7) is 17.9. The van der Waals surface area contributed by atoms with Gasteiger partial charge in [0.2, 0.25) is 0 Å². The second-order valence-electron chi connectivity index (χ2n) is 18.9. The Labute approximate surface area is 458 Å². The van der Waals surface area contributed by atoms with Crippen molar-refractivity contribution in [2.45, 2.75) is 97.3 Å². The molecule has 6 aromatic rings. The van der Waals surface area contributed by atoms with Crippen LogP contribution in [-0.4, -0.2) is 30.6 Å². The number of allylic oxidation sites excluding steroid dienone is 13. The van der Waals surface area contributed by atoms with E-state index in [1.165, 1.54) is 55.7 Å². The van der Waals surface area contributed by atoms with Crippen LogP contribution in [0.2, 0.25) is 0 Å². The van der Waals surface area contributed by atoms with E-state index >= 15 is 0 Å². The second kappa shape index (κ2) is 25.4. The maximum Gasteiger partial charge on any atom is 0.170 e. The largest absolute Gasteiger partial charge is 0.478 e. The van der Waals surface area contributed by atoms with E-state index in [4.69, 9.17) is 19.5 Å². The van der Waals surface area contributed by atoms with Gasteiger partial charge in [-0.25, -0.2) is 9.98 Å². The zero-order valence-electron chi connectivity index (χ0n) is 45.5. The van der Waals surface area contributed by atoms with Crippen molar-refractivity contribution in [2.75, 3.05) is 0 Å². The quantitative estimate of drug-likeness (QED) is 0.0823. The van der Waals surface area contributed by atoms with Crippen molar-refractivity contribution in [3.05, 3.63) is 280 Å². The second-order valence-corrected chi connectivity index (χ2v) is 18.9. The normalized spacial score (nSPS) is 18.1. The Kier molecular flexibility index (Phi) is 17.6. The average Bonchev–Trinajstić information content (AvgIpc) is 4.07. The number of ether oxygens (including phenoxy) is 2. The minimum absolute atomic E-state index is 0.341. The summed E-state index contributed by atoms with van der Waals surface area (Å²) < 4.78 is 14.4. The van der Waals surface area contributed by atoms with Gasteiger partial charge in [-0.05, 0) is 131 Å². The number of aliphatic imine (C=N–C) groups is 3. The van der Waals surface area contributed by atoms with E-state index in [1.54, 1.807) is 6.08 Å². The zero-order valence-corrected chi connectivity index (χ0v) is 45.5. The molecular weight excluding hydrogens is 939 g/mol. The van der Waals surface area contributed by atoms with Crippen molar-refractivity contribution >= 4 is 35.6 Å². The summed E-state index contributed by atoms with van der Waals surface area (Å²) in [6.07, 6.45) is 33.1. The van der Waals surface area contributed by atoms with E-state index in [1.807, 2.05) is 52.8 Å². The Morgan fingerprint density at radius 2 is 1.36 bits per heavy atom. The highest BCUT2D eigenvalue weighted by molar-refractivity contribution is 6.14. The topological polar surface area (TPSA) is 55.5 Å². The molecule has 2 atom stereocenters. The Morgan fingerprint density at radius 3 is 2.05 bits per heavy atom. The van der Waals surface area contributed by atoms with Crippen LogP contribution in [0, 0.1) is 0 Å². The van der Waals surface area contributed by atoms with E-state index in [2.05, 4.69) is 213 Å². The molecular formula is C72H71N3O2. The van der Waals surface area contributed by atoms with Gasteiger partial charge in [-0.2, -0.15) is 0 Å². The van der Waals surface area contributed by atoms with E-state index in [0.29, 0.717) is 18.2 Å². The molecule has 0 spiro atoms. The number of rotatable bonds is 9. The van der Waals surface area contributed by atoms with Crippen LogP contribution in [0.15, 0.2) is 245 Å². The first kappa shape index (κ1) is 53.4. The lowest BCUT2D eigenvalue weighted by Gasteiger charge is -2.39. The lowest BCUT2D eigenvalue weighted by molar-refractivity contribution is 0.0818. The van der Waals surface area contributed by atoms with Gasteiger partial charge in [-0.3, -0.25) is 4.99 Å². The number of fused-ring (bicyclic) bond motifs is 6. The van der Waals surface area contributed by atoms with Gasteiger partial charge in [0.15, 0.2) is 35.4 Å². The highest BCUT2D eigenvalue weighted by atomic mass is 16.6. The fourth-order valence-corrected chi connectivity index (χ4v) is 11.4. The van der Waals surface area contributed by atoms with E-state index in [-0.39, 0.29) is 12.2 Å². The predicted octanol–water partition coefficient (Wildman–Crippen LogP) is 18.0. The molecule has 5 heteroatoms. The Hall–Kier alpha value is -8.41. The summed E-state index contributed by atoms with van der Waals surface area (Å²) in [5.41, 5.74) is 17.0. The highest BCUT2D eigenvalue weighted by Gasteiger charge is 2.52. The first-order valence-corrected chi connectivity index (χ1v) is 27.7. The van der Waals surface area contributed by atoms with Gasteiger partial charge >= 0.3 is 0 Å². The van der Waals surface area contributed by atoms with Crippen molar-refractivity contribution < 1.29 is 9.47 Å². The number of benzene rings is 6. The molecule has 0 saturated carbocycles. The van der Waals surface area contributed by atoms with E-state index in [9.17, 15) is 0 Å². The van der Waals surface area contributed by atoms with Crippen molar-refractivity contribution in [1.82, 2.24) is 0 Å². The summed E-state index contributed by atoms with van der Waals surface area (Å²) in [7, 11) is 0. The van der Waals surface area contributed by atoms with Crippen LogP contribution in [0.1, 0.15) is 117 Å². The number of para-hydroxylation sites is 1. The maximum atomic E-state index is 7.21. The summed E-state index contributed by atoms with van der Waals surface area (Å²) in [5.74, 6) is 2.75. The molecule has 12 rings (SSSR count). The molecule has 0 radical (unpaired) electrons. The summed E-state index contributed by atoms with van der Waals surface area (Å²) in [4.78, 5) is 15.2. The van der Waals surface area contributed by atoms with Crippen LogP contribution in [0.4, 0.5) is 0 Å². The van der Waals surface area contributed by atoms with Gasteiger partial charge in [-0.1, -0.05) is 241 Å². The first-order valence-electron chi connectivity index (χ1n) is 27.7. The lowest BCUT2D eigenvalue weighted by Crippen LogP contribution is -2.42. The van der Waals surface area contributed by atoms with E-state index < -0.39 is 5.41 Å². The third-order valence-corrected chi connectivity index (χ3v) is 14.7. The molecule has 0 bridgehead atoms. The molecule has 5 aliphatic carbocycles. The van der Waals surface area contributed by atoms with Gasteiger partial charge in [0.05, 0.1) is 12.0 Å². The van der Waals surface area contributed by atoms with Gasteiger partial charge in [-0.15, -0.1) is 0 Å². The van der Waals surface area contributed by atoms with Crippen LogP contribution in [0.25, 0.3) is 28.3 Å². The number of hydrogen-bond acceptors (Lipinski definition) is 3. The minimum atomic E-state index is -0.512. The van der Waals surface area contributed by atoms with Crippen LogP contribution in [0.5, 0.6) is 11.5 Å². The molecule has 6 aromatic carbocycles. The van der Waals surface area contributed by atoms with Gasteiger partial charge in [0.1, 0.15) is 0 Å². The zero-order chi connectivity index (χ0) is 53.6. The molecule has 0 aromatic heterocycles. The monoisotopic (exact) mass is 1010 g/mol. The fourth-order valence-electron chi connectivity index (χ4n) is 11.4. The summed E-state index contributed by atoms with van der Waals surface area (Å²) >= 11 is 0. The molecule has 0 fully saturated rings. The molecule has 0 amide bonds. The van der Waals surface area contributed by atoms with Crippen LogP contribution < -0.4 is 9.47 Å². The number of hydrogen-bond donors (Lipinski definition) is 0. The molecule has 6 aliphatic rings. The molecule has 77 heavy (non-hydrogen) atoms. The van der Waals surface area contributed by atoms with Crippen molar-refractivity contribution in [2.24, 2.45) is 15.0 Å². The van der Waals surface area contributed by atoms with Gasteiger partial charge < -0.3 is 9.47 Å². The van der Waals surface area contributed by atoms with Crippen LogP contribution in [-0.2, 0) is 18.4 Å². The van der Waals surface area contributed by atoms with Crippen LogP contribution >= 0.6 is 0 Å². The minimum Gasteiger partial charge on any atom is -0.478 e. The SMILES string of the molecule is C=C/C=C\C.C=NC(=NC(=NCc1ccccc1-c1cccc2c1OC1C=CC3=C(c4ccccc4C3(c3ccccc3)c3ccccc3)C1O2)C1=CC=CCC1)c1ccc(C2=CCCC=C2)c2c1CCC=C2.CC.CC. The lowest BCUT2D eigenvalue weighted by atomic mass is 9.66. The van der Waals surface area contributed by atoms with Crippen molar-refractivity contribution in [1.29, 1.82) is 0 Å². The maximum absolute atomic E-state index is 7.21. The molecule has 5 nitrogen and oxygen atoms in total. The van der Waals surface area contributed by atoms with Crippen molar-refractivity contribution in [3.8, 4) is 22.6 Å². The Bertz CT molecular complexity index is 3390. The molecule has 386 valence electrons. The number of nitrogens with zero attached hydrogens (tertiary/aromatic N) is 3. The van der Waals surface area contributed by atoms with Crippen molar-refractivity contribution in [3.63, 3.8) is 0 Å². The van der Waals surface area contributed by atoms with Gasteiger partial charge in [0, 0.05) is 16.7 Å². The van der Waals surface area contributed by atoms with Gasteiger partial charge in [0.25, 0.3) is 0 Å². The third-order valence-electron chi connectivity index (χ3n) is 14.7. The summed E-state index contributed by atoms with van der Waals surface area (Å²) in [6, 6.07) is 49.8. The fraction of sp³-hybridized carbons (Fsp3) is 0.208. The molecule has 0 saturated heterocycles. The summed E-state index contributed by atoms with van der Waals surface area (Å²) in [5, 5.41) is 0. The molecule has 1 heterocycles. The first-order chi connectivity index (χ1) is 38.1. The highest BCUT2D eigenvalue weighted by Crippen LogP contribution is 2.59. The average molecular weight is 1010 g/mol. The third kappa shape index (κ3) is 10.6. The Balaban J connectivity index is 0.000000753. The Morgan fingerprint density at radius 1 is 0.662 bits per heavy atom. The molecule has 2 unspecified atom stereocenters. The standard InChI is InChI=1S/C63H51N3O2.C5H8.2C2H6/c1-64-62(52-38-37-48(42-21-6-2-7-22-42)49-31-16-17-32-50(49)52)66-61(43-23-8-3-9-24-43)65-41-44-25-14-15-30-47(44)51-34-20-36-56-59(51)67-57-40-39-55-58(60(57)68-56)53-33-18-19-35-54(53)63(55,45-26-10-4-11-27-45)46-28-12-5-13-29-46;1-3-5-4-2;2*1-2/h3-6,8,10-16,18-23,25-31,33-40,57,60H,1-2,7,9,17,24,32,41H2;3-5H,1H2,2H3;2*1-2H3/b;5-4-;;. The number of amidine groups is 2. The smallest absolute Gasteiger partial charge is 0.170 e.